The molecule has 1 fully saturated rings. The maximum Gasteiger partial charge on any atom is 0.255 e. The Kier molecular flexibility index (Phi) is 5.21. The first-order valence-electron chi connectivity index (χ1n) is 8.01. The van der Waals surface area contributed by atoms with Gasteiger partial charge in [0.05, 0.1) is 5.56 Å². The monoisotopic (exact) mass is 389 g/mol. The quantitative estimate of drug-likeness (QED) is 0.838. The number of phenols is 1. The lowest BCUT2D eigenvalue weighted by atomic mass is 9.74. The van der Waals surface area contributed by atoms with E-state index >= 15 is 0 Å². The first-order chi connectivity index (χ1) is 11.6. The first-order valence-corrected chi connectivity index (χ1v) is 8.80. The third-order valence-electron chi connectivity index (χ3n) is 4.62. The molecule has 1 heterocycles. The molecule has 1 aliphatic heterocycles. The number of carbonyl (C=O) groups excluding carboxylic acids is 1. The molecule has 0 aromatic heterocycles. The van der Waals surface area contributed by atoms with E-state index in [2.05, 4.69) is 33.4 Å². The molecule has 0 radical (unpaired) electrons. The van der Waals surface area contributed by atoms with E-state index in [9.17, 15) is 9.90 Å². The summed E-state index contributed by atoms with van der Waals surface area (Å²) < 4.78 is 6.55. The van der Waals surface area contributed by atoms with Crippen LogP contribution in [0.15, 0.2) is 53.0 Å². The van der Waals surface area contributed by atoms with Gasteiger partial charge in [-0.15, -0.1) is 0 Å². The van der Waals surface area contributed by atoms with Crippen LogP contribution < -0.4 is 5.32 Å². The van der Waals surface area contributed by atoms with Gasteiger partial charge in [-0.2, -0.15) is 0 Å². The SMILES string of the molecule is O=C(NCC1(c2cccc(Br)c2)CCOCC1)c1ccccc1O. The number of halogens is 1. The van der Waals surface area contributed by atoms with Crippen LogP contribution in [0.5, 0.6) is 5.75 Å². The van der Waals surface area contributed by atoms with Crippen LogP contribution in [0.4, 0.5) is 0 Å². The molecule has 126 valence electrons. The predicted octanol–water partition coefficient (Wildman–Crippen LogP) is 3.63. The van der Waals surface area contributed by atoms with E-state index in [4.69, 9.17) is 4.74 Å². The van der Waals surface area contributed by atoms with Gasteiger partial charge >= 0.3 is 0 Å². The van der Waals surface area contributed by atoms with Crippen molar-refractivity contribution >= 4 is 21.8 Å². The van der Waals surface area contributed by atoms with Crippen molar-refractivity contribution in [2.75, 3.05) is 19.8 Å². The van der Waals surface area contributed by atoms with E-state index in [-0.39, 0.29) is 17.1 Å². The van der Waals surface area contributed by atoms with Crippen LogP contribution in [-0.2, 0) is 10.2 Å². The molecule has 2 N–H and O–H groups in total. The summed E-state index contributed by atoms with van der Waals surface area (Å²) in [5, 5.41) is 12.8. The second-order valence-electron chi connectivity index (χ2n) is 6.10. The highest BCUT2D eigenvalue weighted by molar-refractivity contribution is 9.10. The Morgan fingerprint density at radius 1 is 1.17 bits per heavy atom. The molecule has 0 bridgehead atoms. The Balaban J connectivity index is 1.80. The van der Waals surface area contributed by atoms with Gasteiger partial charge in [0.25, 0.3) is 5.91 Å². The number of rotatable bonds is 4. The number of hydrogen-bond donors (Lipinski definition) is 2. The van der Waals surface area contributed by atoms with Crippen molar-refractivity contribution in [2.45, 2.75) is 18.3 Å². The number of benzene rings is 2. The topological polar surface area (TPSA) is 58.6 Å². The van der Waals surface area contributed by atoms with Gasteiger partial charge in [0, 0.05) is 29.6 Å². The van der Waals surface area contributed by atoms with E-state index in [1.165, 1.54) is 11.6 Å². The van der Waals surface area contributed by atoms with Gasteiger partial charge in [-0.3, -0.25) is 4.79 Å². The van der Waals surface area contributed by atoms with E-state index in [0.717, 1.165) is 17.3 Å². The molecule has 0 unspecified atom stereocenters. The largest absolute Gasteiger partial charge is 0.507 e. The fourth-order valence-corrected chi connectivity index (χ4v) is 3.56. The fraction of sp³-hybridized carbons (Fsp3) is 0.316. The summed E-state index contributed by atoms with van der Waals surface area (Å²) in [4.78, 5) is 12.4. The van der Waals surface area contributed by atoms with Gasteiger partial charge in [0.1, 0.15) is 5.75 Å². The van der Waals surface area contributed by atoms with Crippen molar-refractivity contribution in [2.24, 2.45) is 0 Å². The lowest BCUT2D eigenvalue weighted by molar-refractivity contribution is 0.0486. The average Bonchev–Trinajstić information content (AvgIpc) is 2.61. The molecular weight excluding hydrogens is 370 g/mol. The highest BCUT2D eigenvalue weighted by Crippen LogP contribution is 2.35. The zero-order chi connectivity index (χ0) is 17.0. The van der Waals surface area contributed by atoms with Crippen molar-refractivity contribution < 1.29 is 14.6 Å². The summed E-state index contributed by atoms with van der Waals surface area (Å²) >= 11 is 3.53. The number of amides is 1. The van der Waals surface area contributed by atoms with Crippen molar-refractivity contribution in [3.05, 3.63) is 64.1 Å². The molecule has 0 saturated carbocycles. The van der Waals surface area contributed by atoms with Gasteiger partial charge in [0.2, 0.25) is 0 Å². The number of hydrogen-bond acceptors (Lipinski definition) is 3. The maximum atomic E-state index is 12.4. The molecule has 0 spiro atoms. The summed E-state index contributed by atoms with van der Waals surface area (Å²) in [6.45, 7) is 1.87. The van der Waals surface area contributed by atoms with Crippen LogP contribution in [-0.4, -0.2) is 30.8 Å². The van der Waals surface area contributed by atoms with Crippen molar-refractivity contribution in [1.82, 2.24) is 5.32 Å². The summed E-state index contributed by atoms with van der Waals surface area (Å²) in [7, 11) is 0. The Labute approximate surface area is 150 Å². The van der Waals surface area contributed by atoms with Gasteiger partial charge in [-0.25, -0.2) is 0 Å². The van der Waals surface area contributed by atoms with Crippen LogP contribution in [0.25, 0.3) is 0 Å². The number of carbonyl (C=O) groups is 1. The van der Waals surface area contributed by atoms with E-state index < -0.39 is 0 Å². The summed E-state index contributed by atoms with van der Waals surface area (Å²) in [5.74, 6) is -0.257. The minimum atomic E-state index is -0.256. The highest BCUT2D eigenvalue weighted by atomic mass is 79.9. The standard InChI is InChI=1S/C19H20BrNO3/c20-15-5-3-4-14(12-15)19(8-10-24-11-9-19)13-21-18(23)16-6-1-2-7-17(16)22/h1-7,12,22H,8-11,13H2,(H,21,23). The third kappa shape index (κ3) is 3.62. The Hall–Kier alpha value is -1.85. The maximum absolute atomic E-state index is 12.4. The Bertz CT molecular complexity index is 726. The lowest BCUT2D eigenvalue weighted by Crippen LogP contribution is -2.44. The first kappa shape index (κ1) is 17.0. The van der Waals surface area contributed by atoms with Crippen LogP contribution in [0.3, 0.4) is 0 Å². The molecule has 2 aromatic carbocycles. The molecule has 0 aliphatic carbocycles. The fourth-order valence-electron chi connectivity index (χ4n) is 3.16. The number of para-hydroxylation sites is 1. The number of ether oxygens (including phenoxy) is 1. The Morgan fingerprint density at radius 3 is 2.62 bits per heavy atom. The smallest absolute Gasteiger partial charge is 0.255 e. The number of nitrogens with one attached hydrogen (secondary N) is 1. The highest BCUT2D eigenvalue weighted by Gasteiger charge is 2.35. The van der Waals surface area contributed by atoms with E-state index in [1.54, 1.807) is 18.2 Å². The molecule has 24 heavy (non-hydrogen) atoms. The molecule has 3 rings (SSSR count). The Morgan fingerprint density at radius 2 is 1.92 bits per heavy atom. The van der Waals surface area contributed by atoms with E-state index in [1.807, 2.05) is 12.1 Å². The molecule has 2 aromatic rings. The van der Waals surface area contributed by atoms with Gasteiger partial charge < -0.3 is 15.2 Å². The zero-order valence-electron chi connectivity index (χ0n) is 13.3. The van der Waals surface area contributed by atoms with Gasteiger partial charge in [0.15, 0.2) is 0 Å². The van der Waals surface area contributed by atoms with Crippen molar-refractivity contribution in [3.8, 4) is 5.75 Å². The minimum absolute atomic E-state index is 0.00140. The minimum Gasteiger partial charge on any atom is -0.507 e. The van der Waals surface area contributed by atoms with Gasteiger partial charge in [-0.1, -0.05) is 40.2 Å². The second-order valence-corrected chi connectivity index (χ2v) is 7.02. The average molecular weight is 390 g/mol. The molecule has 1 amide bonds. The molecule has 0 atom stereocenters. The van der Waals surface area contributed by atoms with Crippen LogP contribution in [0, 0.1) is 0 Å². The van der Waals surface area contributed by atoms with Crippen molar-refractivity contribution in [1.29, 1.82) is 0 Å². The summed E-state index contributed by atoms with van der Waals surface area (Å²) in [6.07, 6.45) is 1.70. The predicted molar refractivity (Wildman–Crippen MR) is 96.3 cm³/mol. The molecule has 1 aliphatic rings. The van der Waals surface area contributed by atoms with Crippen LogP contribution >= 0.6 is 15.9 Å². The molecule has 1 saturated heterocycles. The summed E-state index contributed by atoms with van der Waals surface area (Å²) in [6, 6.07) is 14.8. The molecular formula is C19H20BrNO3. The molecule has 5 heteroatoms. The van der Waals surface area contributed by atoms with Gasteiger partial charge in [-0.05, 0) is 42.7 Å². The summed E-state index contributed by atoms with van der Waals surface area (Å²) in [5.41, 5.74) is 1.34. The number of aromatic hydroxyl groups is 1. The van der Waals surface area contributed by atoms with E-state index in [0.29, 0.717) is 25.3 Å². The van der Waals surface area contributed by atoms with Crippen LogP contribution in [0.1, 0.15) is 28.8 Å². The zero-order valence-corrected chi connectivity index (χ0v) is 14.9. The normalized spacial score (nSPS) is 16.5. The number of phenolic OH excluding ortho intramolecular Hbond substituents is 1. The van der Waals surface area contributed by atoms with Crippen molar-refractivity contribution in [3.63, 3.8) is 0 Å². The second kappa shape index (κ2) is 7.36. The third-order valence-corrected chi connectivity index (χ3v) is 5.12. The lowest BCUT2D eigenvalue weighted by Gasteiger charge is -2.38. The van der Waals surface area contributed by atoms with Crippen LogP contribution in [0.2, 0.25) is 0 Å². The molecule has 4 nitrogen and oxygen atoms in total.